The maximum atomic E-state index is 10.9. The smallest absolute Gasteiger partial charge is 0.333 e. The molecule has 0 aromatic heterocycles. The number of carbonyl (C=O) groups is 4. The molecule has 4 aromatic carbocycles. The largest absolute Gasteiger partial charge is 0.490 e. The Morgan fingerprint density at radius 3 is 0.852 bits per heavy atom. The number of carbonyl (C=O) groups excluding carboxylic acids is 4. The van der Waals surface area contributed by atoms with Crippen LogP contribution in [-0.4, -0.2) is 63.9 Å². The predicted octanol–water partition coefficient (Wildman–Crippen LogP) is 7.05. The summed E-state index contributed by atoms with van der Waals surface area (Å²) in [6.45, 7) is 13.8. The first-order chi connectivity index (χ1) is 26.2. The molecule has 0 unspecified atom stereocenters. The average Bonchev–Trinajstić information content (AvgIpc) is 3.22. The Morgan fingerprint density at radius 2 is 0.593 bits per heavy atom. The van der Waals surface area contributed by atoms with Gasteiger partial charge >= 0.3 is 23.9 Å². The highest BCUT2D eigenvalue weighted by atomic mass is 16.7. The summed E-state index contributed by atoms with van der Waals surface area (Å²) in [5, 5.41) is 0. The van der Waals surface area contributed by atoms with Crippen LogP contribution >= 0.6 is 0 Å². The van der Waals surface area contributed by atoms with Crippen LogP contribution in [0.4, 0.5) is 0 Å². The summed E-state index contributed by atoms with van der Waals surface area (Å²) < 4.78 is 40.8. The zero-order valence-electron chi connectivity index (χ0n) is 29.5. The van der Waals surface area contributed by atoms with E-state index in [9.17, 15) is 19.2 Å². The quantitative estimate of drug-likeness (QED) is 0.0302. The molecule has 12 nitrogen and oxygen atoms in total. The third-order valence-electron chi connectivity index (χ3n) is 6.80. The standard InChI is InChI=1S/C22H22O6.C20H18O6/c1-3-21(23)27-15-13-25-19-9-5-17(6-10-19)18-7-11-20(12-8-18)26-14-16-28-22(24)4-2;1-3-19(21)25-13-23-17-9-5-15(6-10-17)16-7-11-18(12-8-16)24-14-26-20(22)4-2/h3-12H,1-2,13-16H2;3-12H,1-2,13-14H2. The Labute approximate surface area is 313 Å². The molecule has 0 saturated carbocycles. The Hall–Kier alpha value is -7.08. The van der Waals surface area contributed by atoms with E-state index in [1.807, 2.05) is 72.8 Å². The molecule has 0 N–H and O–H groups in total. The van der Waals surface area contributed by atoms with E-state index in [1.54, 1.807) is 24.3 Å². The van der Waals surface area contributed by atoms with Crippen molar-refractivity contribution in [3.63, 3.8) is 0 Å². The first-order valence-corrected chi connectivity index (χ1v) is 16.3. The summed E-state index contributed by atoms with van der Waals surface area (Å²) in [4.78, 5) is 43.7. The van der Waals surface area contributed by atoms with Gasteiger partial charge in [-0.2, -0.15) is 0 Å². The molecule has 4 rings (SSSR count). The molecule has 0 fully saturated rings. The Morgan fingerprint density at radius 1 is 0.352 bits per heavy atom. The molecule has 280 valence electrons. The lowest BCUT2D eigenvalue weighted by Gasteiger charge is -2.09. The molecule has 0 amide bonds. The van der Waals surface area contributed by atoms with Gasteiger partial charge in [0.05, 0.1) is 0 Å². The van der Waals surface area contributed by atoms with Gasteiger partial charge in [-0.15, -0.1) is 0 Å². The second-order valence-electron chi connectivity index (χ2n) is 10.4. The number of esters is 4. The SMILES string of the molecule is C=CC(=O)OCCOc1ccc(-c2ccc(OCCOC(=O)C=C)cc2)cc1.C=CC(=O)OCOc1ccc(-c2ccc(OCOC(=O)C=C)cc2)cc1. The van der Waals surface area contributed by atoms with Gasteiger partial charge in [-0.25, -0.2) is 19.2 Å². The maximum Gasteiger partial charge on any atom is 0.333 e. The minimum atomic E-state index is -0.539. The third-order valence-corrected chi connectivity index (χ3v) is 6.80. The van der Waals surface area contributed by atoms with Crippen LogP contribution in [0.2, 0.25) is 0 Å². The molecule has 0 spiro atoms. The van der Waals surface area contributed by atoms with E-state index in [0.717, 1.165) is 46.6 Å². The van der Waals surface area contributed by atoms with Gasteiger partial charge in [0.25, 0.3) is 0 Å². The van der Waals surface area contributed by atoms with Gasteiger partial charge in [-0.1, -0.05) is 74.8 Å². The van der Waals surface area contributed by atoms with E-state index in [2.05, 4.69) is 26.3 Å². The van der Waals surface area contributed by atoms with Crippen LogP contribution in [0.25, 0.3) is 22.3 Å². The van der Waals surface area contributed by atoms with Gasteiger partial charge in [0.15, 0.2) is 0 Å². The lowest BCUT2D eigenvalue weighted by molar-refractivity contribution is -0.145. The Kier molecular flexibility index (Phi) is 17.9. The summed E-state index contributed by atoms with van der Waals surface area (Å²) in [5.41, 5.74) is 4.00. The Balaban J connectivity index is 0.000000291. The van der Waals surface area contributed by atoms with E-state index < -0.39 is 23.9 Å². The highest BCUT2D eigenvalue weighted by Crippen LogP contribution is 2.26. The maximum absolute atomic E-state index is 10.9. The van der Waals surface area contributed by atoms with Crippen molar-refractivity contribution in [2.45, 2.75) is 0 Å². The van der Waals surface area contributed by atoms with Crippen molar-refractivity contribution in [3.8, 4) is 45.3 Å². The van der Waals surface area contributed by atoms with Gasteiger partial charge in [0, 0.05) is 24.3 Å². The molecule has 0 aliphatic carbocycles. The van der Waals surface area contributed by atoms with Crippen LogP contribution in [0.1, 0.15) is 0 Å². The van der Waals surface area contributed by atoms with Gasteiger partial charge < -0.3 is 37.9 Å². The highest BCUT2D eigenvalue weighted by molar-refractivity contribution is 5.82. The third kappa shape index (κ3) is 15.4. The molecule has 0 aliphatic rings. The molecule has 0 saturated heterocycles. The van der Waals surface area contributed by atoms with Crippen molar-refractivity contribution < 1.29 is 57.1 Å². The summed E-state index contributed by atoms with van der Waals surface area (Å²) in [6.07, 6.45) is 4.37. The highest BCUT2D eigenvalue weighted by Gasteiger charge is 2.04. The predicted molar refractivity (Wildman–Crippen MR) is 201 cm³/mol. The van der Waals surface area contributed by atoms with Crippen molar-refractivity contribution in [1.29, 1.82) is 0 Å². The summed E-state index contributed by atoms with van der Waals surface area (Å²) in [7, 11) is 0. The van der Waals surface area contributed by atoms with Crippen LogP contribution in [0.3, 0.4) is 0 Å². The molecular formula is C42H40O12. The fraction of sp³-hybridized carbons (Fsp3) is 0.143. The minimum absolute atomic E-state index is 0.168. The zero-order chi connectivity index (χ0) is 39.0. The average molecular weight is 737 g/mol. The van der Waals surface area contributed by atoms with E-state index in [1.165, 1.54) is 0 Å². The molecule has 0 atom stereocenters. The number of hydrogen-bond acceptors (Lipinski definition) is 12. The van der Waals surface area contributed by atoms with Crippen molar-refractivity contribution in [2.24, 2.45) is 0 Å². The first-order valence-electron chi connectivity index (χ1n) is 16.3. The van der Waals surface area contributed by atoms with Crippen LogP contribution in [0.15, 0.2) is 148 Å². The number of ether oxygens (including phenoxy) is 8. The summed E-state index contributed by atoms with van der Waals surface area (Å²) in [5.74, 6) is 0.517. The number of benzene rings is 4. The molecule has 0 bridgehead atoms. The van der Waals surface area contributed by atoms with E-state index in [-0.39, 0.29) is 40.0 Å². The normalized spacial score (nSPS) is 9.78. The molecule has 0 aliphatic heterocycles. The number of hydrogen-bond donors (Lipinski definition) is 0. The molecule has 0 heterocycles. The van der Waals surface area contributed by atoms with Crippen molar-refractivity contribution in [3.05, 3.63) is 148 Å². The summed E-state index contributed by atoms with van der Waals surface area (Å²) in [6, 6.07) is 29.8. The van der Waals surface area contributed by atoms with E-state index >= 15 is 0 Å². The molecule has 54 heavy (non-hydrogen) atoms. The van der Waals surface area contributed by atoms with Crippen LogP contribution < -0.4 is 18.9 Å². The van der Waals surface area contributed by atoms with Gasteiger partial charge in [-0.05, 0) is 70.8 Å². The lowest BCUT2D eigenvalue weighted by atomic mass is 10.1. The molecule has 4 aromatic rings. The van der Waals surface area contributed by atoms with Crippen molar-refractivity contribution >= 4 is 23.9 Å². The second-order valence-corrected chi connectivity index (χ2v) is 10.4. The van der Waals surface area contributed by atoms with Gasteiger partial charge in [0.2, 0.25) is 13.6 Å². The van der Waals surface area contributed by atoms with Gasteiger partial charge in [0.1, 0.15) is 49.4 Å². The van der Waals surface area contributed by atoms with Crippen LogP contribution in [0, 0.1) is 0 Å². The van der Waals surface area contributed by atoms with Crippen LogP contribution in [-0.2, 0) is 38.1 Å². The van der Waals surface area contributed by atoms with Gasteiger partial charge in [-0.3, -0.25) is 0 Å². The monoisotopic (exact) mass is 736 g/mol. The fourth-order valence-electron chi connectivity index (χ4n) is 4.12. The molecule has 0 radical (unpaired) electrons. The topological polar surface area (TPSA) is 142 Å². The Bertz CT molecular complexity index is 1690. The first kappa shape index (κ1) is 41.3. The number of rotatable bonds is 20. The lowest BCUT2D eigenvalue weighted by Crippen LogP contribution is -2.10. The fourth-order valence-corrected chi connectivity index (χ4v) is 4.12. The zero-order valence-corrected chi connectivity index (χ0v) is 29.5. The molecule has 12 heteroatoms. The second kappa shape index (κ2) is 23.4. The minimum Gasteiger partial charge on any atom is -0.490 e. The molecular weight excluding hydrogens is 696 g/mol. The van der Waals surface area contributed by atoms with E-state index in [4.69, 9.17) is 37.9 Å². The van der Waals surface area contributed by atoms with E-state index in [0.29, 0.717) is 23.0 Å². The van der Waals surface area contributed by atoms with Crippen molar-refractivity contribution in [2.75, 3.05) is 40.0 Å². The van der Waals surface area contributed by atoms with Crippen LogP contribution in [0.5, 0.6) is 23.0 Å². The van der Waals surface area contributed by atoms with Crippen molar-refractivity contribution in [1.82, 2.24) is 0 Å². The summed E-state index contributed by atoms with van der Waals surface area (Å²) >= 11 is 0.